The van der Waals surface area contributed by atoms with Crippen LogP contribution in [0.3, 0.4) is 0 Å². The molecule has 2 aromatic heterocycles. The van der Waals surface area contributed by atoms with Crippen molar-refractivity contribution in [2.75, 3.05) is 7.11 Å². The summed E-state index contributed by atoms with van der Waals surface area (Å²) in [6.45, 7) is 2.12. The van der Waals surface area contributed by atoms with Crippen molar-refractivity contribution >= 4 is 11.9 Å². The highest BCUT2D eigenvalue weighted by Gasteiger charge is 2.10. The Morgan fingerprint density at radius 1 is 1.23 bits per heavy atom. The number of carbonyl (C=O) groups excluding carboxylic acids is 1. The van der Waals surface area contributed by atoms with Crippen LogP contribution in [0.25, 0.3) is 6.08 Å². The molecule has 0 fully saturated rings. The molecule has 0 N–H and O–H groups in total. The van der Waals surface area contributed by atoms with Crippen LogP contribution in [0.5, 0.6) is 11.5 Å². The lowest BCUT2D eigenvalue weighted by molar-refractivity contribution is 0.104. The first-order valence-corrected chi connectivity index (χ1v) is 8.14. The zero-order valence-electron chi connectivity index (χ0n) is 14.9. The highest BCUT2D eigenvalue weighted by molar-refractivity contribution is 6.07. The number of hydrogen-bond donors (Lipinski definition) is 0. The highest BCUT2D eigenvalue weighted by Crippen LogP contribution is 2.26. The summed E-state index contributed by atoms with van der Waals surface area (Å²) >= 11 is 0. The van der Waals surface area contributed by atoms with E-state index >= 15 is 0 Å². The van der Waals surface area contributed by atoms with Crippen LogP contribution in [0.1, 0.15) is 27.6 Å². The van der Waals surface area contributed by atoms with Gasteiger partial charge in [0, 0.05) is 12.7 Å². The maximum absolute atomic E-state index is 12.2. The number of nitrogens with zero attached hydrogens (tertiary/aromatic N) is 2. The number of aryl methyl sites for hydroxylation is 1. The number of ether oxygens (including phenoxy) is 2. The fourth-order valence-electron chi connectivity index (χ4n) is 2.44. The van der Waals surface area contributed by atoms with Gasteiger partial charge in [-0.2, -0.15) is 5.10 Å². The van der Waals surface area contributed by atoms with Gasteiger partial charge in [-0.1, -0.05) is 12.1 Å². The summed E-state index contributed by atoms with van der Waals surface area (Å²) < 4.78 is 18.3. The standard InChI is InChI=1S/C20H20N2O4/c1-14-17(12-21-22(14)2)18(23)11-10-15-8-9-16(26-15)13-25-20-7-5-4-6-19(20)24-3/h4-12H,13H2,1-3H3/b11-10+. The summed E-state index contributed by atoms with van der Waals surface area (Å²) in [4.78, 5) is 12.2. The third kappa shape index (κ3) is 3.85. The Bertz CT molecular complexity index is 937. The molecule has 2 heterocycles. The molecule has 6 heteroatoms. The Hall–Kier alpha value is -3.28. The molecule has 0 aliphatic heterocycles. The van der Waals surface area contributed by atoms with Crippen LogP contribution in [-0.2, 0) is 13.7 Å². The van der Waals surface area contributed by atoms with Gasteiger partial charge >= 0.3 is 0 Å². The predicted octanol–water partition coefficient (Wildman–Crippen LogP) is 3.81. The van der Waals surface area contributed by atoms with E-state index in [-0.39, 0.29) is 12.4 Å². The third-order valence-corrected chi connectivity index (χ3v) is 4.02. The molecule has 0 unspecified atom stereocenters. The first-order chi connectivity index (χ1) is 12.6. The molecule has 6 nitrogen and oxygen atoms in total. The number of rotatable bonds is 7. The Morgan fingerprint density at radius 2 is 2.00 bits per heavy atom. The second-order valence-corrected chi connectivity index (χ2v) is 5.71. The minimum atomic E-state index is -0.112. The highest BCUT2D eigenvalue weighted by atomic mass is 16.5. The van der Waals surface area contributed by atoms with E-state index in [1.54, 1.807) is 37.2 Å². The molecule has 0 amide bonds. The molecule has 0 aliphatic carbocycles. The van der Waals surface area contributed by atoms with E-state index in [0.717, 1.165) is 5.69 Å². The molecular weight excluding hydrogens is 332 g/mol. The van der Waals surface area contributed by atoms with Gasteiger partial charge < -0.3 is 13.9 Å². The van der Waals surface area contributed by atoms with E-state index < -0.39 is 0 Å². The van der Waals surface area contributed by atoms with Crippen LogP contribution < -0.4 is 9.47 Å². The first kappa shape index (κ1) is 17.5. The number of para-hydroxylation sites is 2. The Labute approximate surface area is 151 Å². The fraction of sp³-hybridized carbons (Fsp3) is 0.200. The topological polar surface area (TPSA) is 66.5 Å². The third-order valence-electron chi connectivity index (χ3n) is 4.02. The lowest BCUT2D eigenvalue weighted by Gasteiger charge is -2.08. The van der Waals surface area contributed by atoms with Gasteiger partial charge in [0.15, 0.2) is 17.3 Å². The summed E-state index contributed by atoms with van der Waals surface area (Å²) in [5.41, 5.74) is 1.40. The van der Waals surface area contributed by atoms with Gasteiger partial charge in [0.05, 0.1) is 18.9 Å². The minimum Gasteiger partial charge on any atom is -0.493 e. The molecule has 0 radical (unpaired) electrons. The minimum absolute atomic E-state index is 0.112. The molecule has 134 valence electrons. The smallest absolute Gasteiger partial charge is 0.189 e. The van der Waals surface area contributed by atoms with Crippen LogP contribution in [0, 0.1) is 6.92 Å². The maximum Gasteiger partial charge on any atom is 0.189 e. The molecule has 0 bridgehead atoms. The molecular formula is C20H20N2O4. The quantitative estimate of drug-likeness (QED) is 0.478. The maximum atomic E-state index is 12.2. The predicted molar refractivity (Wildman–Crippen MR) is 97.3 cm³/mol. The lowest BCUT2D eigenvalue weighted by Crippen LogP contribution is -1.98. The van der Waals surface area contributed by atoms with Crippen molar-refractivity contribution in [2.45, 2.75) is 13.5 Å². The van der Waals surface area contributed by atoms with Gasteiger partial charge in [-0.15, -0.1) is 0 Å². The zero-order valence-corrected chi connectivity index (χ0v) is 14.9. The molecule has 0 spiro atoms. The van der Waals surface area contributed by atoms with Crippen LogP contribution >= 0.6 is 0 Å². The van der Waals surface area contributed by atoms with Crippen molar-refractivity contribution < 1.29 is 18.7 Å². The number of furan rings is 1. The summed E-state index contributed by atoms with van der Waals surface area (Å²) in [5, 5.41) is 4.08. The van der Waals surface area contributed by atoms with Gasteiger partial charge in [0.25, 0.3) is 0 Å². The zero-order chi connectivity index (χ0) is 18.5. The average Bonchev–Trinajstić information content (AvgIpc) is 3.25. The number of benzene rings is 1. The van der Waals surface area contributed by atoms with Crippen molar-refractivity contribution in [3.05, 3.63) is 71.4 Å². The van der Waals surface area contributed by atoms with Crippen LogP contribution in [0.15, 0.2) is 53.1 Å². The second kappa shape index (κ2) is 7.74. The Balaban J connectivity index is 1.63. The van der Waals surface area contributed by atoms with Crippen molar-refractivity contribution in [1.82, 2.24) is 9.78 Å². The number of allylic oxidation sites excluding steroid dienone is 1. The Kier molecular flexibility index (Phi) is 5.22. The molecule has 0 saturated carbocycles. The number of methoxy groups -OCH3 is 1. The molecule has 3 rings (SSSR count). The largest absolute Gasteiger partial charge is 0.493 e. The van der Waals surface area contributed by atoms with E-state index in [9.17, 15) is 4.79 Å². The summed E-state index contributed by atoms with van der Waals surface area (Å²) in [6, 6.07) is 11.0. The molecule has 26 heavy (non-hydrogen) atoms. The van der Waals surface area contributed by atoms with Crippen molar-refractivity contribution in [1.29, 1.82) is 0 Å². The Morgan fingerprint density at radius 3 is 2.69 bits per heavy atom. The van der Waals surface area contributed by atoms with Crippen LogP contribution in [0.4, 0.5) is 0 Å². The van der Waals surface area contributed by atoms with E-state index in [4.69, 9.17) is 13.9 Å². The fourth-order valence-corrected chi connectivity index (χ4v) is 2.44. The summed E-state index contributed by atoms with van der Waals surface area (Å²) in [6.07, 6.45) is 4.69. The van der Waals surface area contributed by atoms with Crippen molar-refractivity contribution in [3.63, 3.8) is 0 Å². The van der Waals surface area contributed by atoms with Gasteiger partial charge in [-0.05, 0) is 43.3 Å². The van der Waals surface area contributed by atoms with Crippen molar-refractivity contribution in [2.24, 2.45) is 7.05 Å². The second-order valence-electron chi connectivity index (χ2n) is 5.71. The van der Waals surface area contributed by atoms with Crippen molar-refractivity contribution in [3.8, 4) is 11.5 Å². The number of hydrogen-bond acceptors (Lipinski definition) is 5. The average molecular weight is 352 g/mol. The van der Waals surface area contributed by atoms with Gasteiger partial charge in [0.2, 0.25) is 0 Å². The SMILES string of the molecule is COc1ccccc1OCc1ccc(/C=C/C(=O)c2cnn(C)c2C)o1. The summed E-state index contributed by atoms with van der Waals surface area (Å²) in [7, 11) is 3.40. The van der Waals surface area contributed by atoms with Gasteiger partial charge in [0.1, 0.15) is 18.1 Å². The monoisotopic (exact) mass is 352 g/mol. The van der Waals surface area contributed by atoms with E-state index in [0.29, 0.717) is 28.6 Å². The number of carbonyl (C=O) groups is 1. The van der Waals surface area contributed by atoms with Gasteiger partial charge in [-0.3, -0.25) is 9.48 Å². The first-order valence-electron chi connectivity index (χ1n) is 8.14. The van der Waals surface area contributed by atoms with Crippen LogP contribution in [-0.4, -0.2) is 22.7 Å². The van der Waals surface area contributed by atoms with Crippen LogP contribution in [0.2, 0.25) is 0 Å². The summed E-state index contributed by atoms with van der Waals surface area (Å²) in [5.74, 6) is 2.43. The van der Waals surface area contributed by atoms with E-state index in [1.165, 1.54) is 6.08 Å². The van der Waals surface area contributed by atoms with Gasteiger partial charge in [-0.25, -0.2) is 0 Å². The molecule has 1 aromatic carbocycles. The molecule has 0 saturated heterocycles. The molecule has 0 aliphatic rings. The van der Waals surface area contributed by atoms with E-state index in [1.807, 2.05) is 37.3 Å². The molecule has 0 atom stereocenters. The number of aromatic nitrogens is 2. The molecule has 3 aromatic rings. The van der Waals surface area contributed by atoms with E-state index in [2.05, 4.69) is 5.10 Å². The lowest BCUT2D eigenvalue weighted by atomic mass is 10.1. The number of ketones is 1. The normalized spacial score (nSPS) is 11.0.